The summed E-state index contributed by atoms with van der Waals surface area (Å²) < 4.78 is 0. The number of fused-ring (bicyclic) bond motifs is 1. The summed E-state index contributed by atoms with van der Waals surface area (Å²) in [5, 5.41) is 4.71. The van der Waals surface area contributed by atoms with Crippen LogP contribution in [0.25, 0.3) is 10.9 Å². The van der Waals surface area contributed by atoms with E-state index in [9.17, 15) is 4.79 Å². The van der Waals surface area contributed by atoms with Crippen molar-refractivity contribution in [3.8, 4) is 0 Å². The van der Waals surface area contributed by atoms with Crippen molar-refractivity contribution in [2.75, 3.05) is 5.32 Å². The second-order valence-corrected chi connectivity index (χ2v) is 7.45. The molecule has 4 aromatic rings. The number of hydrogen-bond acceptors (Lipinski definition) is 5. The summed E-state index contributed by atoms with van der Waals surface area (Å²) in [6.45, 7) is 5.77. The summed E-state index contributed by atoms with van der Waals surface area (Å²) in [4.78, 5) is 29.0. The number of aromatic nitrogens is 4. The van der Waals surface area contributed by atoms with E-state index in [1.165, 1.54) is 0 Å². The highest BCUT2D eigenvalue weighted by Crippen LogP contribution is 2.21. The van der Waals surface area contributed by atoms with Crippen LogP contribution in [-0.2, 0) is 6.42 Å². The smallest absolute Gasteiger partial charge is 0.256 e. The van der Waals surface area contributed by atoms with E-state index in [0.29, 0.717) is 34.6 Å². The van der Waals surface area contributed by atoms with Gasteiger partial charge in [-0.1, -0.05) is 41.9 Å². The highest BCUT2D eigenvalue weighted by atomic mass is 35.5. The molecule has 0 aliphatic heterocycles. The first-order chi connectivity index (χ1) is 13.9. The van der Waals surface area contributed by atoms with Crippen LogP contribution in [0.3, 0.4) is 0 Å². The number of para-hydroxylation sites is 1. The van der Waals surface area contributed by atoms with Gasteiger partial charge < -0.3 is 0 Å². The molecule has 0 bridgehead atoms. The molecule has 0 unspecified atom stereocenters. The van der Waals surface area contributed by atoms with Crippen molar-refractivity contribution in [1.29, 1.82) is 0 Å². The van der Waals surface area contributed by atoms with Gasteiger partial charge in [0.15, 0.2) is 0 Å². The van der Waals surface area contributed by atoms with E-state index < -0.39 is 0 Å². The van der Waals surface area contributed by atoms with Gasteiger partial charge in [-0.05, 0) is 44.0 Å². The van der Waals surface area contributed by atoms with E-state index >= 15 is 0 Å². The third kappa shape index (κ3) is 3.98. The highest BCUT2D eigenvalue weighted by Gasteiger charge is 2.12. The molecular weight excluding hydrogens is 386 g/mol. The SMILES string of the molecule is Cc1nc(Nc2nc(C)c3cccc(C)c3n2)[nH]c(=O)c1Cc1ccc(Cl)cc1. The first kappa shape index (κ1) is 19.1. The van der Waals surface area contributed by atoms with Gasteiger partial charge in [0.1, 0.15) is 0 Å². The van der Waals surface area contributed by atoms with E-state index in [2.05, 4.69) is 25.3 Å². The quantitative estimate of drug-likeness (QED) is 0.517. The van der Waals surface area contributed by atoms with Gasteiger partial charge in [0.05, 0.1) is 16.9 Å². The lowest BCUT2D eigenvalue weighted by Crippen LogP contribution is -2.19. The standard InChI is InChI=1S/C22H20ClN5O/c1-12-5-4-6-17-13(2)24-21(26-19(12)17)28-22-25-14(3)18(20(29)27-22)11-15-7-9-16(23)10-8-15/h4-10H,11H2,1-3H3,(H2,24,25,26,27,28,29). The van der Waals surface area contributed by atoms with Crippen molar-refractivity contribution in [2.24, 2.45) is 0 Å². The van der Waals surface area contributed by atoms with Crippen molar-refractivity contribution in [3.05, 3.63) is 85.9 Å². The normalized spacial score (nSPS) is 11.0. The van der Waals surface area contributed by atoms with Gasteiger partial charge in [0.2, 0.25) is 11.9 Å². The van der Waals surface area contributed by atoms with E-state index in [1.807, 2.05) is 63.2 Å². The monoisotopic (exact) mass is 405 g/mol. The fourth-order valence-corrected chi connectivity index (χ4v) is 3.42. The Kier molecular flexibility index (Phi) is 5.03. The summed E-state index contributed by atoms with van der Waals surface area (Å²) in [6.07, 6.45) is 0.483. The molecular formula is C22H20ClN5O. The summed E-state index contributed by atoms with van der Waals surface area (Å²) in [6, 6.07) is 13.4. The molecule has 2 aromatic heterocycles. The molecule has 2 aromatic carbocycles. The van der Waals surface area contributed by atoms with Crippen molar-refractivity contribution >= 4 is 34.4 Å². The molecule has 0 aliphatic carbocycles. The Labute approximate surface area is 173 Å². The maximum Gasteiger partial charge on any atom is 0.256 e. The second kappa shape index (κ2) is 7.64. The average molecular weight is 406 g/mol. The number of H-pyrrole nitrogens is 1. The van der Waals surface area contributed by atoms with Gasteiger partial charge in [0, 0.05) is 22.4 Å². The number of nitrogens with one attached hydrogen (secondary N) is 2. The van der Waals surface area contributed by atoms with Crippen LogP contribution in [-0.4, -0.2) is 19.9 Å². The van der Waals surface area contributed by atoms with Crippen LogP contribution in [0.1, 0.15) is 28.1 Å². The minimum Gasteiger partial charge on any atom is -0.294 e. The lowest BCUT2D eigenvalue weighted by Gasteiger charge is -2.11. The molecule has 4 rings (SSSR count). The minimum absolute atomic E-state index is 0.191. The molecule has 0 saturated heterocycles. The Morgan fingerprint density at radius 3 is 2.45 bits per heavy atom. The molecule has 0 amide bonds. The largest absolute Gasteiger partial charge is 0.294 e. The van der Waals surface area contributed by atoms with E-state index in [1.54, 1.807) is 0 Å². The molecule has 2 heterocycles. The van der Waals surface area contributed by atoms with Crippen LogP contribution in [0.5, 0.6) is 0 Å². The van der Waals surface area contributed by atoms with Gasteiger partial charge >= 0.3 is 0 Å². The molecule has 0 spiro atoms. The molecule has 6 nitrogen and oxygen atoms in total. The topological polar surface area (TPSA) is 83.6 Å². The number of benzene rings is 2. The van der Waals surface area contributed by atoms with Crippen LogP contribution >= 0.6 is 11.6 Å². The number of aryl methyl sites for hydroxylation is 3. The Morgan fingerprint density at radius 1 is 0.966 bits per heavy atom. The van der Waals surface area contributed by atoms with Gasteiger partial charge in [-0.15, -0.1) is 0 Å². The maximum absolute atomic E-state index is 12.7. The van der Waals surface area contributed by atoms with E-state index in [-0.39, 0.29) is 5.56 Å². The predicted octanol–water partition coefficient (Wildman–Crippen LogP) is 4.63. The minimum atomic E-state index is -0.191. The van der Waals surface area contributed by atoms with Gasteiger partial charge in [-0.25, -0.2) is 15.0 Å². The van der Waals surface area contributed by atoms with Crippen LogP contribution in [0.2, 0.25) is 5.02 Å². The summed E-state index contributed by atoms with van der Waals surface area (Å²) in [7, 11) is 0. The highest BCUT2D eigenvalue weighted by molar-refractivity contribution is 6.30. The molecule has 0 aliphatic rings. The molecule has 0 radical (unpaired) electrons. The Hall–Kier alpha value is -3.25. The molecule has 7 heteroatoms. The second-order valence-electron chi connectivity index (χ2n) is 7.01. The number of anilines is 2. The Balaban J connectivity index is 1.65. The summed E-state index contributed by atoms with van der Waals surface area (Å²) >= 11 is 5.93. The van der Waals surface area contributed by atoms with Gasteiger partial charge in [-0.2, -0.15) is 0 Å². The first-order valence-corrected chi connectivity index (χ1v) is 9.64. The van der Waals surface area contributed by atoms with Crippen LogP contribution in [0.15, 0.2) is 47.3 Å². The summed E-state index contributed by atoms with van der Waals surface area (Å²) in [5.41, 5.74) is 4.87. The zero-order chi connectivity index (χ0) is 20.5. The number of aromatic amines is 1. The van der Waals surface area contributed by atoms with Crippen LogP contribution in [0.4, 0.5) is 11.9 Å². The number of hydrogen-bond donors (Lipinski definition) is 2. The zero-order valence-corrected chi connectivity index (χ0v) is 17.1. The third-order valence-electron chi connectivity index (χ3n) is 4.87. The van der Waals surface area contributed by atoms with Gasteiger partial charge in [0.25, 0.3) is 5.56 Å². The van der Waals surface area contributed by atoms with Crippen molar-refractivity contribution in [1.82, 2.24) is 19.9 Å². The lowest BCUT2D eigenvalue weighted by atomic mass is 10.1. The molecule has 0 atom stereocenters. The zero-order valence-electron chi connectivity index (χ0n) is 16.4. The van der Waals surface area contributed by atoms with E-state index in [4.69, 9.17) is 11.6 Å². The lowest BCUT2D eigenvalue weighted by molar-refractivity contribution is 0.978. The molecule has 2 N–H and O–H groups in total. The number of nitrogens with zero attached hydrogens (tertiary/aromatic N) is 3. The van der Waals surface area contributed by atoms with Crippen LogP contribution in [0, 0.1) is 20.8 Å². The molecule has 0 fully saturated rings. The molecule has 146 valence electrons. The van der Waals surface area contributed by atoms with Crippen molar-refractivity contribution in [2.45, 2.75) is 27.2 Å². The Morgan fingerprint density at radius 2 is 1.72 bits per heavy atom. The first-order valence-electron chi connectivity index (χ1n) is 9.26. The number of halogens is 1. The van der Waals surface area contributed by atoms with Crippen molar-refractivity contribution in [3.63, 3.8) is 0 Å². The summed E-state index contributed by atoms with van der Waals surface area (Å²) in [5.74, 6) is 0.719. The predicted molar refractivity (Wildman–Crippen MR) is 116 cm³/mol. The van der Waals surface area contributed by atoms with E-state index in [0.717, 1.165) is 27.7 Å². The maximum atomic E-state index is 12.7. The average Bonchev–Trinajstić information content (AvgIpc) is 2.67. The van der Waals surface area contributed by atoms with Crippen LogP contribution < -0.4 is 10.9 Å². The molecule has 0 saturated carbocycles. The Bertz CT molecular complexity index is 1260. The van der Waals surface area contributed by atoms with Gasteiger partial charge in [-0.3, -0.25) is 15.1 Å². The third-order valence-corrected chi connectivity index (χ3v) is 5.12. The van der Waals surface area contributed by atoms with Crippen molar-refractivity contribution < 1.29 is 0 Å². The fourth-order valence-electron chi connectivity index (χ4n) is 3.30. The number of rotatable bonds is 4. The fraction of sp³-hybridized carbons (Fsp3) is 0.182. The molecule has 29 heavy (non-hydrogen) atoms.